The molecule has 4 aliphatic carbocycles. The largest absolute Gasteiger partial charge is 0.422 e. The van der Waals surface area contributed by atoms with Crippen LogP contribution >= 0.6 is 0 Å². The maximum atomic E-state index is 13.9. The summed E-state index contributed by atoms with van der Waals surface area (Å²) in [6, 6.07) is 24.5. The first-order valence-electron chi connectivity index (χ1n) is 20.4. The van der Waals surface area contributed by atoms with Gasteiger partial charge >= 0.3 is 11.9 Å². The second-order valence-electron chi connectivity index (χ2n) is 16.5. The van der Waals surface area contributed by atoms with Crippen LogP contribution in [0.25, 0.3) is 11.1 Å². The molecule has 0 radical (unpaired) electrons. The molecule has 0 saturated heterocycles. The van der Waals surface area contributed by atoms with E-state index in [9.17, 15) is 9.59 Å². The van der Waals surface area contributed by atoms with Gasteiger partial charge in [0.1, 0.15) is 11.5 Å². The second-order valence-corrected chi connectivity index (χ2v) is 16.5. The summed E-state index contributed by atoms with van der Waals surface area (Å²) < 4.78 is 12.8. The topological polar surface area (TPSA) is 52.6 Å². The highest BCUT2D eigenvalue weighted by Crippen LogP contribution is 2.47. The molecule has 0 spiro atoms. The zero-order valence-electron chi connectivity index (χ0n) is 31.2. The fraction of sp³-hybridized carbons (Fsp3) is 0.458. The molecule has 52 heavy (non-hydrogen) atoms. The number of ether oxygens (including phenoxy) is 2. The molecule has 0 bridgehead atoms. The van der Waals surface area contributed by atoms with E-state index in [1.54, 1.807) is 0 Å². The number of carbonyl (C=O) groups is 2. The van der Waals surface area contributed by atoms with Crippen molar-refractivity contribution in [2.45, 2.75) is 128 Å². The third-order valence-electron chi connectivity index (χ3n) is 12.9. The second kappa shape index (κ2) is 15.4. The third kappa shape index (κ3) is 7.36. The number of hydrogen-bond donors (Lipinski definition) is 0. The van der Waals surface area contributed by atoms with Crippen LogP contribution in [-0.4, -0.2) is 11.9 Å². The van der Waals surface area contributed by atoms with Gasteiger partial charge in [0, 0.05) is 11.1 Å². The lowest BCUT2D eigenvalue weighted by molar-refractivity contribution is 0.0723. The predicted octanol–water partition coefficient (Wildman–Crippen LogP) is 12.1. The van der Waals surface area contributed by atoms with Crippen LogP contribution in [0, 0.1) is 11.8 Å². The molecule has 0 unspecified atom stereocenters. The van der Waals surface area contributed by atoms with E-state index in [1.165, 1.54) is 84.7 Å². The Kier molecular flexibility index (Phi) is 10.3. The standard InChI is InChI=1S/C48H54O4/c1-31-11-15-33(16-12-31)35-19-23-39(24-20-35)47(49)51-43-29-27-37-7-3-5-9-41(37)45(43)46-42-10-6-4-8-38(42)28-30-44(46)52-48(50)40-25-21-36(22-26-40)34-17-13-32(2)14-18-34/h19-34H,3-18H2,1-2H3. The molecule has 0 aromatic heterocycles. The minimum Gasteiger partial charge on any atom is -0.422 e. The number of hydrogen-bond acceptors (Lipinski definition) is 4. The number of aryl methyl sites for hydroxylation is 2. The van der Waals surface area contributed by atoms with E-state index < -0.39 is 0 Å². The van der Waals surface area contributed by atoms with Crippen molar-refractivity contribution in [1.29, 1.82) is 0 Å². The molecular weight excluding hydrogens is 641 g/mol. The smallest absolute Gasteiger partial charge is 0.343 e. The van der Waals surface area contributed by atoms with Crippen molar-refractivity contribution in [2.24, 2.45) is 11.8 Å². The zero-order chi connectivity index (χ0) is 35.6. The van der Waals surface area contributed by atoms with Crippen molar-refractivity contribution in [1.82, 2.24) is 0 Å². The Bertz CT molecular complexity index is 1760. The van der Waals surface area contributed by atoms with Gasteiger partial charge in [0.25, 0.3) is 0 Å². The summed E-state index contributed by atoms with van der Waals surface area (Å²) in [6.45, 7) is 4.69. The summed E-state index contributed by atoms with van der Waals surface area (Å²) in [5.41, 5.74) is 10.7. The molecule has 4 aromatic carbocycles. The first kappa shape index (κ1) is 34.9. The van der Waals surface area contributed by atoms with E-state index >= 15 is 0 Å². The first-order valence-corrected chi connectivity index (χ1v) is 20.4. The maximum absolute atomic E-state index is 13.9. The number of rotatable bonds is 7. The fourth-order valence-electron chi connectivity index (χ4n) is 9.62. The Hall–Kier alpha value is -4.18. The highest BCUT2D eigenvalue weighted by Gasteiger charge is 2.29. The zero-order valence-corrected chi connectivity index (χ0v) is 31.2. The van der Waals surface area contributed by atoms with Gasteiger partial charge in [0.15, 0.2) is 0 Å². The molecule has 4 nitrogen and oxygen atoms in total. The highest BCUT2D eigenvalue weighted by atomic mass is 16.5. The monoisotopic (exact) mass is 694 g/mol. The van der Waals surface area contributed by atoms with Crippen molar-refractivity contribution in [2.75, 3.05) is 0 Å². The van der Waals surface area contributed by atoms with Gasteiger partial charge in [-0.3, -0.25) is 0 Å². The van der Waals surface area contributed by atoms with Gasteiger partial charge in [-0.05, 0) is 171 Å². The first-order chi connectivity index (χ1) is 25.4. The minimum atomic E-state index is -0.350. The van der Waals surface area contributed by atoms with Gasteiger partial charge in [-0.25, -0.2) is 9.59 Å². The van der Waals surface area contributed by atoms with Crippen LogP contribution in [0.2, 0.25) is 0 Å². The van der Waals surface area contributed by atoms with Crippen LogP contribution in [0.5, 0.6) is 11.5 Å². The molecule has 2 fully saturated rings. The van der Waals surface area contributed by atoms with E-state index in [-0.39, 0.29) is 11.9 Å². The fourth-order valence-corrected chi connectivity index (χ4v) is 9.62. The lowest BCUT2D eigenvalue weighted by atomic mass is 9.79. The molecule has 4 heteroatoms. The summed E-state index contributed by atoms with van der Waals surface area (Å²) in [6.07, 6.45) is 18.1. The van der Waals surface area contributed by atoms with Gasteiger partial charge in [0.2, 0.25) is 0 Å². The van der Waals surface area contributed by atoms with E-state index in [0.29, 0.717) is 34.5 Å². The number of carbonyl (C=O) groups excluding carboxylic acids is 2. The quantitative estimate of drug-likeness (QED) is 0.143. The minimum absolute atomic E-state index is 0.350. The molecule has 0 heterocycles. The maximum Gasteiger partial charge on any atom is 0.343 e. The van der Waals surface area contributed by atoms with Crippen LogP contribution in [0.4, 0.5) is 0 Å². The number of fused-ring (bicyclic) bond motifs is 2. The Balaban J connectivity index is 1.12. The summed E-state index contributed by atoms with van der Waals surface area (Å²) >= 11 is 0. The van der Waals surface area contributed by atoms with Crippen molar-refractivity contribution in [3.63, 3.8) is 0 Å². The average Bonchev–Trinajstić information content (AvgIpc) is 3.19. The molecule has 0 amide bonds. The Morgan fingerprint density at radius 1 is 0.462 bits per heavy atom. The Morgan fingerprint density at radius 2 is 0.827 bits per heavy atom. The van der Waals surface area contributed by atoms with Gasteiger partial charge in [0.05, 0.1) is 11.1 Å². The van der Waals surface area contributed by atoms with E-state index in [0.717, 1.165) is 74.3 Å². The van der Waals surface area contributed by atoms with Gasteiger partial charge in [-0.1, -0.05) is 75.9 Å². The number of benzene rings is 4. The van der Waals surface area contributed by atoms with Crippen LogP contribution < -0.4 is 9.47 Å². The molecule has 0 atom stereocenters. The van der Waals surface area contributed by atoms with Crippen LogP contribution in [0.3, 0.4) is 0 Å². The van der Waals surface area contributed by atoms with Crippen molar-refractivity contribution in [3.8, 4) is 22.6 Å². The van der Waals surface area contributed by atoms with Crippen LogP contribution in [0.1, 0.15) is 157 Å². The lowest BCUT2D eigenvalue weighted by Crippen LogP contribution is -2.16. The molecule has 0 N–H and O–H groups in total. The van der Waals surface area contributed by atoms with Gasteiger partial charge in [-0.15, -0.1) is 0 Å². The third-order valence-corrected chi connectivity index (χ3v) is 12.9. The molecule has 4 aliphatic rings. The molecule has 2 saturated carbocycles. The summed E-state index contributed by atoms with van der Waals surface area (Å²) in [4.78, 5) is 27.8. The molecule has 0 aliphatic heterocycles. The van der Waals surface area contributed by atoms with Gasteiger partial charge < -0.3 is 9.47 Å². The summed E-state index contributed by atoms with van der Waals surface area (Å²) in [5.74, 6) is 3.15. The van der Waals surface area contributed by atoms with Crippen LogP contribution in [-0.2, 0) is 25.7 Å². The normalized spacial score (nSPS) is 22.9. The van der Waals surface area contributed by atoms with Gasteiger partial charge in [-0.2, -0.15) is 0 Å². The molecular formula is C48H54O4. The summed E-state index contributed by atoms with van der Waals surface area (Å²) in [7, 11) is 0. The van der Waals surface area contributed by atoms with Crippen molar-refractivity contribution < 1.29 is 19.1 Å². The molecule has 270 valence electrons. The number of esters is 2. The Labute approximate surface area is 310 Å². The van der Waals surface area contributed by atoms with Crippen LogP contribution in [0.15, 0.2) is 72.8 Å². The van der Waals surface area contributed by atoms with E-state index in [1.807, 2.05) is 36.4 Å². The van der Waals surface area contributed by atoms with E-state index in [2.05, 4.69) is 50.2 Å². The highest BCUT2D eigenvalue weighted by molar-refractivity contribution is 5.95. The predicted molar refractivity (Wildman–Crippen MR) is 209 cm³/mol. The summed E-state index contributed by atoms with van der Waals surface area (Å²) in [5, 5.41) is 0. The van der Waals surface area contributed by atoms with Crippen molar-refractivity contribution in [3.05, 3.63) is 117 Å². The lowest BCUT2D eigenvalue weighted by Gasteiger charge is -2.27. The average molecular weight is 695 g/mol. The van der Waals surface area contributed by atoms with E-state index in [4.69, 9.17) is 9.47 Å². The Morgan fingerprint density at radius 3 is 1.21 bits per heavy atom. The SMILES string of the molecule is CC1CCC(c2ccc(C(=O)Oc3ccc4c(c3-c3c(OC(=O)c5ccc(C6CCC(C)CC6)cc5)ccc5c3CCCC5)CCCC4)cc2)CC1. The molecule has 4 aromatic rings. The van der Waals surface area contributed by atoms with Crippen molar-refractivity contribution >= 4 is 11.9 Å². The molecule has 8 rings (SSSR count).